The van der Waals surface area contributed by atoms with E-state index in [1.54, 1.807) is 38.8 Å². The second kappa shape index (κ2) is 12.0. The van der Waals surface area contributed by atoms with Gasteiger partial charge in [0.2, 0.25) is 11.8 Å². The highest BCUT2D eigenvalue weighted by molar-refractivity contribution is 9.10. The van der Waals surface area contributed by atoms with Gasteiger partial charge in [-0.15, -0.1) is 0 Å². The molecule has 0 radical (unpaired) electrons. The number of ether oxygens (including phenoxy) is 3. The molecular formula is C19H25BrN2O4. The molecule has 0 aliphatic carbocycles. The Bertz CT molecular complexity index is 748. The minimum Gasteiger partial charge on any atom is -0.481 e. The predicted octanol–water partition coefficient (Wildman–Crippen LogP) is 4.38. The minimum atomic E-state index is -0.384. The van der Waals surface area contributed by atoms with Crippen LogP contribution in [-0.2, 0) is 9.53 Å². The number of aromatic nitrogens is 2. The molecule has 0 saturated carbocycles. The van der Waals surface area contributed by atoms with Crippen molar-refractivity contribution < 1.29 is 19.0 Å². The van der Waals surface area contributed by atoms with Gasteiger partial charge in [-0.2, -0.15) is 0 Å². The summed E-state index contributed by atoms with van der Waals surface area (Å²) in [5.74, 6) is 0.827. The molecule has 0 spiro atoms. The van der Waals surface area contributed by atoms with Crippen LogP contribution in [0.5, 0.6) is 11.8 Å². The maximum absolute atomic E-state index is 10.9. The molecule has 0 bridgehead atoms. The Hall–Kier alpha value is -2.41. The first kappa shape index (κ1) is 23.6. The molecule has 142 valence electrons. The number of carbonyl (C=O) groups excluding carboxylic acids is 1. The van der Waals surface area contributed by atoms with E-state index in [2.05, 4.69) is 30.6 Å². The Balaban J connectivity index is 0.000000497. The maximum atomic E-state index is 10.9. The van der Waals surface area contributed by atoms with Gasteiger partial charge in [-0.25, -0.2) is 14.8 Å². The van der Waals surface area contributed by atoms with Crippen molar-refractivity contribution in [1.82, 2.24) is 9.97 Å². The number of carbonyl (C=O) groups is 1. The highest BCUT2D eigenvalue weighted by Gasteiger charge is 1.99. The summed E-state index contributed by atoms with van der Waals surface area (Å²) in [4.78, 5) is 18.9. The third-order valence-corrected chi connectivity index (χ3v) is 4.00. The number of nitrogens with zero attached hydrogens (tertiary/aromatic N) is 2. The fraction of sp³-hybridized carbons (Fsp3) is 0.316. The quantitative estimate of drug-likeness (QED) is 0.535. The minimum absolute atomic E-state index is 0. The van der Waals surface area contributed by atoms with Crippen molar-refractivity contribution in [3.8, 4) is 11.8 Å². The van der Waals surface area contributed by atoms with Crippen molar-refractivity contribution in [2.24, 2.45) is 0 Å². The Morgan fingerprint density at radius 1 is 1.00 bits per heavy atom. The van der Waals surface area contributed by atoms with Crippen molar-refractivity contribution in [2.75, 3.05) is 21.3 Å². The number of pyridine rings is 2. The van der Waals surface area contributed by atoms with Crippen LogP contribution >= 0.6 is 15.9 Å². The van der Waals surface area contributed by atoms with Crippen LogP contribution in [-0.4, -0.2) is 37.3 Å². The lowest BCUT2D eigenvalue weighted by atomic mass is 10.1. The Labute approximate surface area is 163 Å². The molecule has 0 amide bonds. The van der Waals surface area contributed by atoms with Crippen LogP contribution in [0.4, 0.5) is 0 Å². The summed E-state index contributed by atoms with van der Waals surface area (Å²) in [5, 5.41) is 0. The Morgan fingerprint density at radius 2 is 1.54 bits per heavy atom. The Morgan fingerprint density at radius 3 is 2.00 bits per heavy atom. The van der Waals surface area contributed by atoms with Crippen LogP contribution in [0.15, 0.2) is 35.1 Å². The maximum Gasteiger partial charge on any atom is 0.330 e. The molecule has 0 atom stereocenters. The number of rotatable bonds is 4. The molecule has 6 nitrogen and oxygen atoms in total. The van der Waals surface area contributed by atoms with Crippen LogP contribution < -0.4 is 9.47 Å². The summed E-state index contributed by atoms with van der Waals surface area (Å²) in [6.45, 7) is 3.91. The van der Waals surface area contributed by atoms with Crippen LogP contribution in [0.1, 0.15) is 24.1 Å². The normalized spacial score (nSPS) is 9.62. The molecule has 2 rings (SSSR count). The lowest BCUT2D eigenvalue weighted by molar-refractivity contribution is -0.134. The molecule has 0 saturated heterocycles. The average Bonchev–Trinajstić information content (AvgIpc) is 2.63. The van der Waals surface area contributed by atoms with Crippen molar-refractivity contribution in [3.63, 3.8) is 0 Å². The molecule has 0 aliphatic heterocycles. The molecule has 0 aromatic carbocycles. The van der Waals surface area contributed by atoms with Crippen LogP contribution in [0.25, 0.3) is 6.08 Å². The molecule has 0 unspecified atom stereocenters. The van der Waals surface area contributed by atoms with Gasteiger partial charge in [0.15, 0.2) is 0 Å². The lowest BCUT2D eigenvalue weighted by Crippen LogP contribution is -1.94. The number of aryl methyl sites for hydroxylation is 2. The topological polar surface area (TPSA) is 70.5 Å². The van der Waals surface area contributed by atoms with Gasteiger partial charge in [0.1, 0.15) is 0 Å². The second-order valence-corrected chi connectivity index (χ2v) is 5.77. The van der Waals surface area contributed by atoms with Crippen LogP contribution in [0, 0.1) is 13.8 Å². The fourth-order valence-electron chi connectivity index (χ4n) is 1.68. The smallest absolute Gasteiger partial charge is 0.330 e. The lowest BCUT2D eigenvalue weighted by Gasteiger charge is -2.02. The molecule has 2 aromatic rings. The number of hydrogen-bond acceptors (Lipinski definition) is 6. The van der Waals surface area contributed by atoms with Gasteiger partial charge in [-0.05, 0) is 52.5 Å². The van der Waals surface area contributed by atoms with Gasteiger partial charge < -0.3 is 14.2 Å². The number of halogens is 1. The van der Waals surface area contributed by atoms with E-state index in [4.69, 9.17) is 9.47 Å². The molecule has 2 heterocycles. The molecular weight excluding hydrogens is 400 g/mol. The van der Waals surface area contributed by atoms with Crippen LogP contribution in [0.2, 0.25) is 0 Å². The summed E-state index contributed by atoms with van der Waals surface area (Å²) in [7, 11) is 4.51. The van der Waals surface area contributed by atoms with E-state index < -0.39 is 0 Å². The summed E-state index contributed by atoms with van der Waals surface area (Å²) in [6, 6.07) is 3.68. The first-order valence-corrected chi connectivity index (χ1v) is 8.13. The van der Waals surface area contributed by atoms with Gasteiger partial charge in [-0.3, -0.25) is 0 Å². The van der Waals surface area contributed by atoms with Crippen molar-refractivity contribution in [2.45, 2.75) is 21.3 Å². The Kier molecular flexibility index (Phi) is 10.9. The fourth-order valence-corrected chi connectivity index (χ4v) is 1.89. The zero-order valence-corrected chi connectivity index (χ0v) is 16.5. The largest absolute Gasteiger partial charge is 0.481 e. The van der Waals surface area contributed by atoms with Gasteiger partial charge in [-0.1, -0.05) is 7.43 Å². The van der Waals surface area contributed by atoms with E-state index in [9.17, 15) is 4.79 Å². The molecule has 0 fully saturated rings. The predicted molar refractivity (Wildman–Crippen MR) is 107 cm³/mol. The zero-order chi connectivity index (χ0) is 18.8. The van der Waals surface area contributed by atoms with Gasteiger partial charge in [0.25, 0.3) is 0 Å². The van der Waals surface area contributed by atoms with Gasteiger partial charge in [0.05, 0.1) is 21.3 Å². The molecule has 0 N–H and O–H groups in total. The van der Waals surface area contributed by atoms with Crippen molar-refractivity contribution >= 4 is 28.0 Å². The number of esters is 1. The number of hydrogen-bond donors (Lipinski definition) is 0. The van der Waals surface area contributed by atoms with Crippen molar-refractivity contribution in [3.05, 3.63) is 51.8 Å². The highest BCUT2D eigenvalue weighted by atomic mass is 79.9. The summed E-state index contributed by atoms with van der Waals surface area (Å²) < 4.78 is 15.4. The molecule has 0 aliphatic rings. The van der Waals surface area contributed by atoms with Crippen LogP contribution in [0.3, 0.4) is 0 Å². The summed E-state index contributed by atoms with van der Waals surface area (Å²) >= 11 is 3.34. The van der Waals surface area contributed by atoms with Gasteiger partial charge in [0, 0.05) is 35.1 Å². The van der Waals surface area contributed by atoms with E-state index in [-0.39, 0.29) is 13.4 Å². The van der Waals surface area contributed by atoms with Crippen molar-refractivity contribution in [1.29, 1.82) is 0 Å². The van der Waals surface area contributed by atoms with E-state index in [1.165, 1.54) is 13.2 Å². The number of methoxy groups -OCH3 is 3. The zero-order valence-electron chi connectivity index (χ0n) is 14.9. The third-order valence-electron chi connectivity index (χ3n) is 3.17. The molecule has 26 heavy (non-hydrogen) atoms. The van der Waals surface area contributed by atoms with E-state index in [0.29, 0.717) is 11.8 Å². The second-order valence-electron chi connectivity index (χ2n) is 4.92. The monoisotopic (exact) mass is 424 g/mol. The highest BCUT2D eigenvalue weighted by Crippen LogP contribution is 2.17. The van der Waals surface area contributed by atoms with E-state index in [0.717, 1.165) is 21.2 Å². The standard InChI is InChI=1S/C11H13NO3.C7H8BrNO.CH4/c1-8-6-10(14-2)12-7-9(8)4-5-11(13)15-3;1-5-3-7(10-2)9-4-6(5)8;/h4-7H,1-3H3;3-4H,1-2H3;1H4/b5-4+;;. The van der Waals surface area contributed by atoms with E-state index in [1.807, 2.05) is 19.9 Å². The first-order chi connectivity index (χ1) is 11.9. The summed E-state index contributed by atoms with van der Waals surface area (Å²) in [5.41, 5.74) is 2.98. The molecule has 2 aromatic heterocycles. The first-order valence-electron chi connectivity index (χ1n) is 7.34. The average molecular weight is 425 g/mol. The van der Waals surface area contributed by atoms with E-state index >= 15 is 0 Å². The molecule has 7 heteroatoms. The van der Waals surface area contributed by atoms with Gasteiger partial charge >= 0.3 is 5.97 Å². The summed E-state index contributed by atoms with van der Waals surface area (Å²) in [6.07, 6.45) is 6.39. The third kappa shape index (κ3) is 7.65. The SMILES string of the molecule is C.COC(=O)/C=C/c1cnc(OC)cc1C.COc1cc(C)c(Br)cn1.